The highest BCUT2D eigenvalue weighted by Gasteiger charge is 2.17. The molecule has 0 aromatic heterocycles. The second-order valence-corrected chi connectivity index (χ2v) is 5.48. The number of benzene rings is 2. The van der Waals surface area contributed by atoms with E-state index in [1.54, 1.807) is 18.2 Å². The van der Waals surface area contributed by atoms with Gasteiger partial charge in [0.25, 0.3) is 0 Å². The molecule has 0 spiro atoms. The lowest BCUT2D eigenvalue weighted by Gasteiger charge is -2.16. The molecule has 5 heteroatoms. The van der Waals surface area contributed by atoms with Crippen molar-refractivity contribution in [3.8, 4) is 11.1 Å². The van der Waals surface area contributed by atoms with Crippen LogP contribution in [0.3, 0.4) is 0 Å². The second kappa shape index (κ2) is 6.74. The molecule has 2 rings (SSSR count). The van der Waals surface area contributed by atoms with Gasteiger partial charge in [0.2, 0.25) is 0 Å². The molecule has 110 valence electrons. The van der Waals surface area contributed by atoms with Gasteiger partial charge in [-0.3, -0.25) is 0 Å². The average Bonchev–Trinajstić information content (AvgIpc) is 2.48. The first-order valence-electron chi connectivity index (χ1n) is 6.66. The molecule has 0 unspecified atom stereocenters. The standard InChI is InChI=1S/C16H17BrN2O2/c1-2-19-9-10-7-8-13(17)15(18)14(10)11-5-3-4-6-12(11)16(20)21/h3-8,19H,2,9,18H2,1H3,(H,20,21). The summed E-state index contributed by atoms with van der Waals surface area (Å²) < 4.78 is 0.762. The number of nitrogen functional groups attached to an aromatic ring is 1. The topological polar surface area (TPSA) is 75.3 Å². The van der Waals surface area contributed by atoms with E-state index >= 15 is 0 Å². The van der Waals surface area contributed by atoms with Gasteiger partial charge in [-0.2, -0.15) is 0 Å². The van der Waals surface area contributed by atoms with Crippen molar-refractivity contribution in [2.75, 3.05) is 12.3 Å². The third-order valence-corrected chi connectivity index (χ3v) is 3.96. The molecule has 0 amide bonds. The Hall–Kier alpha value is -1.85. The number of anilines is 1. The van der Waals surface area contributed by atoms with Gasteiger partial charge in [-0.15, -0.1) is 0 Å². The van der Waals surface area contributed by atoms with E-state index in [1.807, 2.05) is 25.1 Å². The first kappa shape index (κ1) is 15.5. The normalized spacial score (nSPS) is 10.6. The van der Waals surface area contributed by atoms with Crippen LogP contribution in [0.25, 0.3) is 11.1 Å². The summed E-state index contributed by atoms with van der Waals surface area (Å²) in [6.07, 6.45) is 0. The van der Waals surface area contributed by atoms with E-state index < -0.39 is 5.97 Å². The minimum absolute atomic E-state index is 0.250. The number of nitrogens with one attached hydrogen (secondary N) is 1. The summed E-state index contributed by atoms with van der Waals surface area (Å²) in [6, 6.07) is 10.8. The number of hydrogen-bond acceptors (Lipinski definition) is 3. The summed E-state index contributed by atoms with van der Waals surface area (Å²) in [6.45, 7) is 3.49. The smallest absolute Gasteiger partial charge is 0.336 e. The molecule has 0 aliphatic rings. The van der Waals surface area contributed by atoms with Crippen LogP contribution in [-0.4, -0.2) is 17.6 Å². The van der Waals surface area contributed by atoms with Gasteiger partial charge in [0.1, 0.15) is 0 Å². The number of rotatable bonds is 5. The van der Waals surface area contributed by atoms with Gasteiger partial charge in [0.15, 0.2) is 0 Å². The predicted octanol–water partition coefficient (Wildman–Crippen LogP) is 3.51. The molecule has 2 aromatic rings. The Morgan fingerprint density at radius 3 is 2.67 bits per heavy atom. The van der Waals surface area contributed by atoms with Crippen LogP contribution in [-0.2, 0) is 6.54 Å². The molecule has 0 heterocycles. The third kappa shape index (κ3) is 3.25. The minimum Gasteiger partial charge on any atom is -0.478 e. The van der Waals surface area contributed by atoms with Crippen molar-refractivity contribution in [3.05, 3.63) is 52.0 Å². The maximum Gasteiger partial charge on any atom is 0.336 e. The van der Waals surface area contributed by atoms with E-state index in [-0.39, 0.29) is 5.56 Å². The van der Waals surface area contributed by atoms with Crippen LogP contribution in [0.2, 0.25) is 0 Å². The van der Waals surface area contributed by atoms with Gasteiger partial charge in [-0.1, -0.05) is 31.2 Å². The Bertz CT molecular complexity index is 671. The highest BCUT2D eigenvalue weighted by Crippen LogP contribution is 2.36. The summed E-state index contributed by atoms with van der Waals surface area (Å²) in [5.41, 5.74) is 9.37. The van der Waals surface area contributed by atoms with Crippen LogP contribution >= 0.6 is 15.9 Å². The van der Waals surface area contributed by atoms with Crippen molar-refractivity contribution in [2.45, 2.75) is 13.5 Å². The van der Waals surface area contributed by atoms with Crippen LogP contribution in [0.5, 0.6) is 0 Å². The molecule has 0 fully saturated rings. The number of hydrogen-bond donors (Lipinski definition) is 3. The summed E-state index contributed by atoms with van der Waals surface area (Å²) in [5, 5.41) is 12.6. The second-order valence-electron chi connectivity index (χ2n) is 4.63. The molecule has 0 saturated heterocycles. The maximum atomic E-state index is 11.4. The zero-order valence-electron chi connectivity index (χ0n) is 11.7. The first-order valence-corrected chi connectivity index (χ1v) is 7.45. The van der Waals surface area contributed by atoms with Crippen LogP contribution in [0.1, 0.15) is 22.8 Å². The molecule has 0 radical (unpaired) electrons. The van der Waals surface area contributed by atoms with Gasteiger partial charge >= 0.3 is 5.97 Å². The Morgan fingerprint density at radius 1 is 1.29 bits per heavy atom. The fraction of sp³-hybridized carbons (Fsp3) is 0.188. The SMILES string of the molecule is CCNCc1ccc(Br)c(N)c1-c1ccccc1C(=O)O. The predicted molar refractivity (Wildman–Crippen MR) is 88.3 cm³/mol. The van der Waals surface area contributed by atoms with E-state index in [1.165, 1.54) is 0 Å². The van der Waals surface area contributed by atoms with Crippen LogP contribution in [0.15, 0.2) is 40.9 Å². The lowest BCUT2D eigenvalue weighted by Crippen LogP contribution is -2.14. The quantitative estimate of drug-likeness (QED) is 0.722. The summed E-state index contributed by atoms with van der Waals surface area (Å²) in [4.78, 5) is 11.4. The zero-order valence-corrected chi connectivity index (χ0v) is 13.3. The molecule has 4 nitrogen and oxygen atoms in total. The average molecular weight is 349 g/mol. The Morgan fingerprint density at radius 2 is 2.00 bits per heavy atom. The van der Waals surface area contributed by atoms with Gasteiger partial charge < -0.3 is 16.2 Å². The molecule has 0 bridgehead atoms. The molecule has 0 aliphatic carbocycles. The Kier molecular flexibility index (Phi) is 4.98. The first-order chi connectivity index (χ1) is 10.1. The number of carboxylic acids is 1. The number of nitrogens with two attached hydrogens (primary N) is 1. The van der Waals surface area contributed by atoms with E-state index in [0.29, 0.717) is 17.8 Å². The largest absolute Gasteiger partial charge is 0.478 e. The Balaban J connectivity index is 2.67. The van der Waals surface area contributed by atoms with E-state index in [0.717, 1.165) is 22.1 Å². The summed E-state index contributed by atoms with van der Waals surface area (Å²) in [5.74, 6) is -0.959. The zero-order chi connectivity index (χ0) is 15.4. The van der Waals surface area contributed by atoms with Crippen molar-refractivity contribution in [2.24, 2.45) is 0 Å². The number of halogens is 1. The van der Waals surface area contributed by atoms with Gasteiger partial charge in [-0.25, -0.2) is 4.79 Å². The molecule has 4 N–H and O–H groups in total. The van der Waals surface area contributed by atoms with Crippen molar-refractivity contribution in [1.29, 1.82) is 0 Å². The van der Waals surface area contributed by atoms with Crippen LogP contribution < -0.4 is 11.1 Å². The number of carbonyl (C=O) groups is 1. The van der Waals surface area contributed by atoms with Gasteiger partial charge in [-0.05, 0) is 45.7 Å². The molecule has 2 aromatic carbocycles. The molecule has 0 atom stereocenters. The van der Waals surface area contributed by atoms with Gasteiger partial charge in [0.05, 0.1) is 11.3 Å². The number of aromatic carboxylic acids is 1. The van der Waals surface area contributed by atoms with E-state index in [2.05, 4.69) is 21.2 Å². The van der Waals surface area contributed by atoms with E-state index in [9.17, 15) is 9.90 Å². The van der Waals surface area contributed by atoms with Crippen LogP contribution in [0, 0.1) is 0 Å². The Labute approximate surface area is 132 Å². The minimum atomic E-state index is -0.959. The third-order valence-electron chi connectivity index (χ3n) is 3.27. The van der Waals surface area contributed by atoms with Crippen LogP contribution in [0.4, 0.5) is 5.69 Å². The maximum absolute atomic E-state index is 11.4. The molecule has 0 saturated carbocycles. The molecular weight excluding hydrogens is 332 g/mol. The molecule has 0 aliphatic heterocycles. The lowest BCUT2D eigenvalue weighted by molar-refractivity contribution is 0.0698. The highest BCUT2D eigenvalue weighted by atomic mass is 79.9. The fourth-order valence-electron chi connectivity index (χ4n) is 2.25. The monoisotopic (exact) mass is 348 g/mol. The van der Waals surface area contributed by atoms with Crippen molar-refractivity contribution in [1.82, 2.24) is 5.32 Å². The fourth-order valence-corrected chi connectivity index (χ4v) is 2.58. The molecule has 21 heavy (non-hydrogen) atoms. The summed E-state index contributed by atoms with van der Waals surface area (Å²) in [7, 11) is 0. The number of carboxylic acid groups (broad SMARTS) is 1. The molecular formula is C16H17BrN2O2. The lowest BCUT2D eigenvalue weighted by atomic mass is 9.93. The van der Waals surface area contributed by atoms with E-state index in [4.69, 9.17) is 5.73 Å². The van der Waals surface area contributed by atoms with Crippen molar-refractivity contribution in [3.63, 3.8) is 0 Å². The van der Waals surface area contributed by atoms with Gasteiger partial charge in [0, 0.05) is 16.6 Å². The summed E-state index contributed by atoms with van der Waals surface area (Å²) >= 11 is 3.41. The highest BCUT2D eigenvalue weighted by molar-refractivity contribution is 9.10. The van der Waals surface area contributed by atoms with Crippen molar-refractivity contribution < 1.29 is 9.90 Å². The van der Waals surface area contributed by atoms with Crippen molar-refractivity contribution >= 4 is 27.6 Å².